The van der Waals surface area contributed by atoms with Gasteiger partial charge in [0, 0.05) is 26.9 Å². The maximum absolute atomic E-state index is 12.8. The number of ether oxygens (including phenoxy) is 1. The number of carbonyl (C=O) groups excluding carboxylic acids is 1. The Morgan fingerprint density at radius 1 is 1.29 bits per heavy atom. The lowest BCUT2D eigenvalue weighted by molar-refractivity contribution is -0.132. The van der Waals surface area contributed by atoms with E-state index in [0.717, 1.165) is 30.5 Å². The Kier molecular flexibility index (Phi) is 5.00. The lowest BCUT2D eigenvalue weighted by Gasteiger charge is -2.27. The zero-order valence-corrected chi connectivity index (χ0v) is 14.6. The van der Waals surface area contributed by atoms with Crippen LogP contribution < -0.4 is 0 Å². The summed E-state index contributed by atoms with van der Waals surface area (Å²) in [7, 11) is 3.64. The molecule has 0 N–H and O–H groups in total. The van der Waals surface area contributed by atoms with Crippen LogP contribution >= 0.6 is 0 Å². The summed E-state index contributed by atoms with van der Waals surface area (Å²) >= 11 is 0. The van der Waals surface area contributed by atoms with Gasteiger partial charge in [-0.15, -0.1) is 0 Å². The second-order valence-electron chi connectivity index (χ2n) is 6.61. The highest BCUT2D eigenvalue weighted by Crippen LogP contribution is 2.25. The Hall–Kier alpha value is -2.14. The summed E-state index contributed by atoms with van der Waals surface area (Å²) < 4.78 is 7.42. The number of amides is 1. The molecule has 0 saturated carbocycles. The molecule has 0 radical (unpaired) electrons. The monoisotopic (exact) mass is 327 g/mol. The fourth-order valence-corrected chi connectivity index (χ4v) is 3.45. The van der Waals surface area contributed by atoms with Crippen molar-refractivity contribution in [1.82, 2.24) is 14.7 Å². The molecule has 1 fully saturated rings. The molecular formula is C19H25N3O2. The highest BCUT2D eigenvalue weighted by atomic mass is 16.5. The van der Waals surface area contributed by atoms with Gasteiger partial charge in [0.2, 0.25) is 5.91 Å². The van der Waals surface area contributed by atoms with Crippen molar-refractivity contribution in [3.8, 4) is 0 Å². The molecule has 5 nitrogen and oxygen atoms in total. The van der Waals surface area contributed by atoms with Crippen LogP contribution in [0.4, 0.5) is 0 Å². The maximum atomic E-state index is 12.8. The van der Waals surface area contributed by atoms with E-state index in [1.54, 1.807) is 11.8 Å². The second-order valence-corrected chi connectivity index (χ2v) is 6.61. The average Bonchev–Trinajstić information content (AvgIpc) is 3.16. The minimum absolute atomic E-state index is 0.0807. The third-order valence-corrected chi connectivity index (χ3v) is 4.79. The number of methoxy groups -OCH3 is 1. The van der Waals surface area contributed by atoms with Gasteiger partial charge in [-0.05, 0) is 30.9 Å². The fourth-order valence-electron chi connectivity index (χ4n) is 3.45. The van der Waals surface area contributed by atoms with Crippen molar-refractivity contribution in [2.45, 2.75) is 38.3 Å². The number of hydrogen-bond acceptors (Lipinski definition) is 3. The van der Waals surface area contributed by atoms with Crippen molar-refractivity contribution in [2.75, 3.05) is 13.7 Å². The fraction of sp³-hybridized carbons (Fsp3) is 0.474. The van der Waals surface area contributed by atoms with E-state index in [-0.39, 0.29) is 18.1 Å². The molecule has 0 spiro atoms. The first-order valence-corrected chi connectivity index (χ1v) is 8.42. The summed E-state index contributed by atoms with van der Waals surface area (Å²) in [5, 5.41) is 4.23. The van der Waals surface area contributed by atoms with Crippen LogP contribution in [0.2, 0.25) is 0 Å². The quantitative estimate of drug-likeness (QED) is 0.845. The number of likely N-dealkylation sites (tertiary alicyclic amines) is 1. The topological polar surface area (TPSA) is 47.4 Å². The number of rotatable bonds is 5. The van der Waals surface area contributed by atoms with E-state index in [9.17, 15) is 4.79 Å². The molecule has 24 heavy (non-hydrogen) atoms. The van der Waals surface area contributed by atoms with Crippen molar-refractivity contribution in [2.24, 2.45) is 7.05 Å². The first kappa shape index (κ1) is 16.7. The molecule has 1 amide bonds. The third-order valence-electron chi connectivity index (χ3n) is 4.79. The molecular weight excluding hydrogens is 302 g/mol. The highest BCUT2D eigenvalue weighted by Gasteiger charge is 2.37. The molecule has 1 aromatic heterocycles. The van der Waals surface area contributed by atoms with Crippen molar-refractivity contribution >= 4 is 5.91 Å². The van der Waals surface area contributed by atoms with E-state index < -0.39 is 0 Å². The molecule has 1 aliphatic heterocycles. The molecule has 0 bridgehead atoms. The Balaban J connectivity index is 1.71. The number of hydrogen-bond donors (Lipinski definition) is 0. The van der Waals surface area contributed by atoms with Gasteiger partial charge in [0.1, 0.15) is 0 Å². The summed E-state index contributed by atoms with van der Waals surface area (Å²) in [6, 6.07) is 8.26. The minimum atomic E-state index is 0.0807. The molecule has 0 unspecified atom stereocenters. The summed E-state index contributed by atoms with van der Waals surface area (Å²) in [4.78, 5) is 14.8. The largest absolute Gasteiger partial charge is 0.379 e. The van der Waals surface area contributed by atoms with Crippen molar-refractivity contribution in [3.63, 3.8) is 0 Å². The normalized spacial score (nSPS) is 20.5. The van der Waals surface area contributed by atoms with Crippen LogP contribution in [0.3, 0.4) is 0 Å². The van der Waals surface area contributed by atoms with Crippen molar-refractivity contribution in [3.05, 3.63) is 53.3 Å². The summed E-state index contributed by atoms with van der Waals surface area (Å²) in [5.74, 6) is 0.173. The van der Waals surface area contributed by atoms with Gasteiger partial charge in [-0.25, -0.2) is 0 Å². The van der Waals surface area contributed by atoms with Crippen molar-refractivity contribution < 1.29 is 9.53 Å². The molecule has 2 atom stereocenters. The highest BCUT2D eigenvalue weighted by molar-refractivity contribution is 5.79. The van der Waals surface area contributed by atoms with E-state index in [1.807, 2.05) is 36.5 Å². The lowest BCUT2D eigenvalue weighted by atomic mass is 10.0. The molecule has 128 valence electrons. The van der Waals surface area contributed by atoms with Crippen LogP contribution in [0.15, 0.2) is 36.7 Å². The number of nitrogens with zero attached hydrogens (tertiary/aromatic N) is 3. The van der Waals surface area contributed by atoms with Gasteiger partial charge in [-0.3, -0.25) is 9.48 Å². The average molecular weight is 327 g/mol. The molecule has 3 rings (SSSR count). The van der Waals surface area contributed by atoms with E-state index in [2.05, 4.69) is 24.2 Å². The Morgan fingerprint density at radius 3 is 2.67 bits per heavy atom. The van der Waals surface area contributed by atoms with Gasteiger partial charge in [0.15, 0.2) is 0 Å². The summed E-state index contributed by atoms with van der Waals surface area (Å²) in [5.41, 5.74) is 3.41. The zero-order valence-electron chi connectivity index (χ0n) is 14.6. The van der Waals surface area contributed by atoms with Gasteiger partial charge in [-0.1, -0.05) is 29.8 Å². The lowest BCUT2D eigenvalue weighted by Crippen LogP contribution is -2.42. The summed E-state index contributed by atoms with van der Waals surface area (Å²) in [6.45, 7) is 2.81. The molecule has 5 heteroatoms. The number of carbonyl (C=O) groups is 1. The first-order chi connectivity index (χ1) is 11.6. The van der Waals surface area contributed by atoms with Crippen LogP contribution in [0.25, 0.3) is 0 Å². The zero-order chi connectivity index (χ0) is 17.1. The van der Waals surface area contributed by atoms with E-state index in [1.165, 1.54) is 5.56 Å². The van der Waals surface area contributed by atoms with Gasteiger partial charge in [0.25, 0.3) is 0 Å². The van der Waals surface area contributed by atoms with Crippen LogP contribution in [-0.2, 0) is 29.4 Å². The number of benzene rings is 1. The predicted octanol–water partition coefficient (Wildman–Crippen LogP) is 2.13. The third kappa shape index (κ3) is 3.67. The molecule has 1 saturated heterocycles. The van der Waals surface area contributed by atoms with E-state index in [0.29, 0.717) is 6.42 Å². The molecule has 2 heterocycles. The van der Waals surface area contributed by atoms with Crippen LogP contribution in [0.1, 0.15) is 23.1 Å². The Morgan fingerprint density at radius 2 is 2.04 bits per heavy atom. The van der Waals surface area contributed by atoms with E-state index in [4.69, 9.17) is 4.74 Å². The van der Waals surface area contributed by atoms with Crippen LogP contribution in [0, 0.1) is 6.92 Å². The Labute approximate surface area is 143 Å². The number of aromatic nitrogens is 2. The van der Waals surface area contributed by atoms with Crippen LogP contribution in [0.5, 0.6) is 0 Å². The molecule has 0 aliphatic carbocycles. The molecule has 2 aromatic rings. The number of aryl methyl sites for hydroxylation is 2. The van der Waals surface area contributed by atoms with Gasteiger partial charge >= 0.3 is 0 Å². The first-order valence-electron chi connectivity index (χ1n) is 8.42. The van der Waals surface area contributed by atoms with Crippen molar-refractivity contribution in [1.29, 1.82) is 0 Å². The molecule has 1 aliphatic rings. The van der Waals surface area contributed by atoms with E-state index >= 15 is 0 Å². The predicted molar refractivity (Wildman–Crippen MR) is 92.7 cm³/mol. The minimum Gasteiger partial charge on any atom is -0.379 e. The van der Waals surface area contributed by atoms with Crippen LogP contribution in [-0.4, -0.2) is 46.4 Å². The standard InChI is InChI=1S/C19H25N3O2/c1-14-4-6-15(7-5-14)11-19(23)22-9-8-18(24-3)17(22)10-16-12-20-21(2)13-16/h4-7,12-13,17-18H,8-11H2,1-3H3/t17-,18+/m1/s1. The second kappa shape index (κ2) is 7.18. The SMILES string of the molecule is CO[C@H]1CCN(C(=O)Cc2ccc(C)cc2)[C@@H]1Cc1cnn(C)c1. The maximum Gasteiger partial charge on any atom is 0.227 e. The molecule has 1 aromatic carbocycles. The van der Waals surface area contributed by atoms with Gasteiger partial charge in [-0.2, -0.15) is 5.10 Å². The van der Waals surface area contributed by atoms with Gasteiger partial charge in [0.05, 0.1) is 24.8 Å². The smallest absolute Gasteiger partial charge is 0.227 e. The summed E-state index contributed by atoms with van der Waals surface area (Å²) in [6.07, 6.45) is 6.08. The van der Waals surface area contributed by atoms with Gasteiger partial charge < -0.3 is 9.64 Å². The Bertz CT molecular complexity index is 693.